The van der Waals surface area contributed by atoms with E-state index >= 15 is 0 Å². The number of hydrogen-bond donors (Lipinski definition) is 1. The van der Waals surface area contributed by atoms with Crippen molar-refractivity contribution in [1.29, 1.82) is 0 Å². The zero-order valence-corrected chi connectivity index (χ0v) is 10.4. The van der Waals surface area contributed by atoms with Gasteiger partial charge in [0.15, 0.2) is 0 Å². The summed E-state index contributed by atoms with van der Waals surface area (Å²) in [5.74, 6) is 0.828. The number of H-pyrrole nitrogens is 1. The predicted molar refractivity (Wildman–Crippen MR) is 66.1 cm³/mol. The Morgan fingerprint density at radius 2 is 2.44 bits per heavy atom. The lowest BCUT2D eigenvalue weighted by Crippen LogP contribution is -2.29. The highest BCUT2D eigenvalue weighted by molar-refractivity contribution is 4.96. The van der Waals surface area contributed by atoms with Gasteiger partial charge in [0.05, 0.1) is 6.33 Å². The van der Waals surface area contributed by atoms with E-state index in [-0.39, 0.29) is 0 Å². The van der Waals surface area contributed by atoms with Gasteiger partial charge in [-0.3, -0.25) is 4.90 Å². The molecule has 3 nitrogen and oxygen atoms in total. The third kappa shape index (κ3) is 3.08. The molecule has 0 bridgehead atoms. The first kappa shape index (κ1) is 11.6. The fourth-order valence-electron chi connectivity index (χ4n) is 2.55. The zero-order chi connectivity index (χ0) is 11.4. The van der Waals surface area contributed by atoms with E-state index in [4.69, 9.17) is 0 Å². The van der Waals surface area contributed by atoms with Crippen molar-refractivity contribution < 1.29 is 0 Å². The molecule has 90 valence electrons. The Hall–Kier alpha value is -0.830. The van der Waals surface area contributed by atoms with E-state index in [0.717, 1.165) is 18.5 Å². The molecular formula is C13H23N3. The van der Waals surface area contributed by atoms with Crippen LogP contribution in [0.2, 0.25) is 0 Å². The van der Waals surface area contributed by atoms with E-state index in [2.05, 4.69) is 28.7 Å². The van der Waals surface area contributed by atoms with Crippen LogP contribution in [-0.4, -0.2) is 27.5 Å². The van der Waals surface area contributed by atoms with E-state index in [1.807, 2.05) is 6.20 Å². The number of nitrogens with zero attached hydrogens (tertiary/aromatic N) is 2. The number of hydrogen-bond acceptors (Lipinski definition) is 2. The van der Waals surface area contributed by atoms with Crippen molar-refractivity contribution in [3.8, 4) is 0 Å². The first-order valence-electron chi connectivity index (χ1n) is 6.47. The quantitative estimate of drug-likeness (QED) is 0.829. The first-order valence-corrected chi connectivity index (χ1v) is 6.47. The predicted octanol–water partition coefficient (Wildman–Crippen LogP) is 2.81. The van der Waals surface area contributed by atoms with Crippen LogP contribution in [0.3, 0.4) is 0 Å². The van der Waals surface area contributed by atoms with Gasteiger partial charge < -0.3 is 4.98 Å². The van der Waals surface area contributed by atoms with Gasteiger partial charge in [-0.05, 0) is 38.1 Å². The monoisotopic (exact) mass is 221 g/mol. The van der Waals surface area contributed by atoms with Gasteiger partial charge in [0.1, 0.15) is 0 Å². The van der Waals surface area contributed by atoms with Crippen LogP contribution in [0.15, 0.2) is 12.5 Å². The molecule has 1 fully saturated rings. The molecule has 1 N–H and O–H groups in total. The average molecular weight is 221 g/mol. The SMILES string of the molecule is CC(C)CC[C@H]1CCCN1Cc1cnc[nH]1. The van der Waals surface area contributed by atoms with Gasteiger partial charge >= 0.3 is 0 Å². The number of aromatic amines is 1. The standard InChI is InChI=1S/C13H23N3/c1-11(2)5-6-13-4-3-7-16(13)9-12-8-14-10-15-12/h8,10-11,13H,3-7,9H2,1-2H3,(H,14,15)/t13-/m1/s1. The molecule has 1 aromatic rings. The van der Waals surface area contributed by atoms with Crippen LogP contribution in [0.4, 0.5) is 0 Å². The summed E-state index contributed by atoms with van der Waals surface area (Å²) >= 11 is 0. The molecule has 1 aliphatic heterocycles. The number of imidazole rings is 1. The summed E-state index contributed by atoms with van der Waals surface area (Å²) in [6, 6.07) is 0.797. The number of nitrogens with one attached hydrogen (secondary N) is 1. The van der Waals surface area contributed by atoms with Gasteiger partial charge in [-0.25, -0.2) is 4.98 Å². The minimum Gasteiger partial charge on any atom is -0.347 e. The van der Waals surface area contributed by atoms with Crippen molar-refractivity contribution >= 4 is 0 Å². The Labute approximate surface area is 98.3 Å². The Balaban J connectivity index is 1.83. The molecule has 0 saturated carbocycles. The minimum absolute atomic E-state index is 0.797. The van der Waals surface area contributed by atoms with Crippen LogP contribution in [0.1, 0.15) is 45.2 Å². The summed E-state index contributed by atoms with van der Waals surface area (Å²) in [6.07, 6.45) is 9.15. The smallest absolute Gasteiger partial charge is 0.0922 e. The second-order valence-electron chi connectivity index (χ2n) is 5.31. The molecule has 1 atom stereocenters. The Morgan fingerprint density at radius 3 is 3.12 bits per heavy atom. The second-order valence-corrected chi connectivity index (χ2v) is 5.31. The van der Waals surface area contributed by atoms with Crippen molar-refractivity contribution in [2.24, 2.45) is 5.92 Å². The van der Waals surface area contributed by atoms with Crippen LogP contribution in [0, 0.1) is 5.92 Å². The molecule has 16 heavy (non-hydrogen) atoms. The molecule has 0 aliphatic carbocycles. The largest absolute Gasteiger partial charge is 0.347 e. The summed E-state index contributed by atoms with van der Waals surface area (Å²) in [5.41, 5.74) is 1.25. The molecule has 2 heterocycles. The molecule has 1 saturated heterocycles. The topological polar surface area (TPSA) is 31.9 Å². The molecule has 1 aromatic heterocycles. The van der Waals surface area contributed by atoms with Crippen molar-refractivity contribution in [2.75, 3.05) is 6.54 Å². The highest BCUT2D eigenvalue weighted by Gasteiger charge is 2.24. The van der Waals surface area contributed by atoms with Gasteiger partial charge in [-0.2, -0.15) is 0 Å². The molecule has 0 amide bonds. The Morgan fingerprint density at radius 1 is 1.56 bits per heavy atom. The van der Waals surface area contributed by atoms with E-state index in [9.17, 15) is 0 Å². The van der Waals surface area contributed by atoms with Gasteiger partial charge in [0, 0.05) is 24.5 Å². The van der Waals surface area contributed by atoms with Crippen LogP contribution in [-0.2, 0) is 6.54 Å². The van der Waals surface area contributed by atoms with Gasteiger partial charge in [-0.1, -0.05) is 13.8 Å². The zero-order valence-electron chi connectivity index (χ0n) is 10.4. The molecule has 0 spiro atoms. The van der Waals surface area contributed by atoms with Crippen LogP contribution < -0.4 is 0 Å². The normalized spacial score (nSPS) is 22.1. The molecule has 2 rings (SSSR count). The number of rotatable bonds is 5. The lowest BCUT2D eigenvalue weighted by atomic mass is 10.0. The summed E-state index contributed by atoms with van der Waals surface area (Å²) in [6.45, 7) is 6.92. The third-order valence-electron chi connectivity index (χ3n) is 3.50. The molecule has 0 aromatic carbocycles. The van der Waals surface area contributed by atoms with Gasteiger partial charge in [0.2, 0.25) is 0 Å². The summed E-state index contributed by atoms with van der Waals surface area (Å²) in [5, 5.41) is 0. The minimum atomic E-state index is 0.797. The number of likely N-dealkylation sites (tertiary alicyclic amines) is 1. The average Bonchev–Trinajstić information content (AvgIpc) is 2.87. The Bertz CT molecular complexity index is 292. The van der Waals surface area contributed by atoms with Gasteiger partial charge in [-0.15, -0.1) is 0 Å². The maximum atomic E-state index is 4.08. The summed E-state index contributed by atoms with van der Waals surface area (Å²) in [7, 11) is 0. The first-order chi connectivity index (χ1) is 7.75. The van der Waals surface area contributed by atoms with Crippen LogP contribution in [0.5, 0.6) is 0 Å². The van der Waals surface area contributed by atoms with Crippen molar-refractivity contribution in [2.45, 2.75) is 52.1 Å². The second kappa shape index (κ2) is 5.48. The molecular weight excluding hydrogens is 198 g/mol. The molecule has 0 radical (unpaired) electrons. The maximum absolute atomic E-state index is 4.08. The van der Waals surface area contributed by atoms with E-state index in [1.165, 1.54) is 37.9 Å². The highest BCUT2D eigenvalue weighted by Crippen LogP contribution is 2.24. The van der Waals surface area contributed by atoms with Gasteiger partial charge in [0.25, 0.3) is 0 Å². The third-order valence-corrected chi connectivity index (χ3v) is 3.50. The lowest BCUT2D eigenvalue weighted by molar-refractivity contribution is 0.223. The van der Waals surface area contributed by atoms with Crippen molar-refractivity contribution in [3.05, 3.63) is 18.2 Å². The molecule has 3 heteroatoms. The number of aromatic nitrogens is 2. The van der Waals surface area contributed by atoms with E-state index in [0.29, 0.717) is 0 Å². The maximum Gasteiger partial charge on any atom is 0.0922 e. The highest BCUT2D eigenvalue weighted by atomic mass is 15.2. The van der Waals surface area contributed by atoms with Crippen LogP contribution >= 0.6 is 0 Å². The Kier molecular flexibility index (Phi) is 3.99. The lowest BCUT2D eigenvalue weighted by Gasteiger charge is -2.24. The van der Waals surface area contributed by atoms with E-state index < -0.39 is 0 Å². The fourth-order valence-corrected chi connectivity index (χ4v) is 2.55. The summed E-state index contributed by atoms with van der Waals surface area (Å²) in [4.78, 5) is 9.88. The molecule has 0 unspecified atom stereocenters. The van der Waals surface area contributed by atoms with E-state index in [1.54, 1.807) is 6.33 Å². The van der Waals surface area contributed by atoms with Crippen LogP contribution in [0.25, 0.3) is 0 Å². The fraction of sp³-hybridized carbons (Fsp3) is 0.769. The van der Waals surface area contributed by atoms with Crippen molar-refractivity contribution in [1.82, 2.24) is 14.9 Å². The summed E-state index contributed by atoms with van der Waals surface area (Å²) < 4.78 is 0. The molecule has 1 aliphatic rings. The van der Waals surface area contributed by atoms with Crippen molar-refractivity contribution in [3.63, 3.8) is 0 Å².